The molecule has 4 nitrogen and oxygen atoms in total. The van der Waals surface area contributed by atoms with Crippen molar-refractivity contribution in [2.75, 3.05) is 0 Å². The SMILES string of the molecule is O=c1c2ccccc2c2cccc3c4cc(-c5ccc(-n6c7ccccc7c7cc(-c8ccc9c(c8)c8ccccc8n9-c8ccccc8)ccc76)c6ccccc56)ccc4n1c23. The fourth-order valence-corrected chi connectivity index (χ4v) is 10.8. The summed E-state index contributed by atoms with van der Waals surface area (Å²) in [5.74, 6) is 0. The van der Waals surface area contributed by atoms with Gasteiger partial charge in [0.2, 0.25) is 0 Å². The summed E-state index contributed by atoms with van der Waals surface area (Å²) in [6.07, 6.45) is 0. The molecule has 4 aromatic heterocycles. The normalized spacial score (nSPS) is 12.2. The quantitative estimate of drug-likeness (QED) is 0.163. The van der Waals surface area contributed by atoms with Gasteiger partial charge in [0.15, 0.2) is 0 Å². The molecule has 4 heteroatoms. The standard InChI is InChI=1S/C59H35N3O/c63-59-48-20-7-5-16-42(48)46-21-12-22-47-51-35-38(27-31-57(51)62(59)58(46)47)40-28-32-54(43-17-6-4-15-41(40)43)61-53-24-11-9-19-45(53)50-34-37(26-30-56(50)61)36-25-29-55-49(33-36)44-18-8-10-23-52(44)60(55)39-13-2-1-3-14-39/h1-35H. The topological polar surface area (TPSA) is 31.3 Å². The third-order valence-electron chi connectivity index (χ3n) is 13.6. The Morgan fingerprint density at radius 3 is 1.48 bits per heavy atom. The first-order valence-electron chi connectivity index (χ1n) is 21.6. The molecule has 0 bridgehead atoms. The number of para-hydroxylation sites is 4. The van der Waals surface area contributed by atoms with E-state index in [4.69, 9.17) is 0 Å². The molecule has 0 fully saturated rings. The number of pyridine rings is 1. The van der Waals surface area contributed by atoms with E-state index >= 15 is 0 Å². The zero-order valence-electron chi connectivity index (χ0n) is 34.0. The van der Waals surface area contributed by atoms with Crippen LogP contribution in [0.5, 0.6) is 0 Å². The molecule has 0 saturated heterocycles. The van der Waals surface area contributed by atoms with E-state index in [1.165, 1.54) is 65.5 Å². The average Bonchev–Trinajstić information content (AvgIpc) is 3.98. The van der Waals surface area contributed by atoms with Gasteiger partial charge in [0.1, 0.15) is 0 Å². The van der Waals surface area contributed by atoms with Crippen molar-refractivity contribution in [2.24, 2.45) is 0 Å². The molecule has 14 rings (SSSR count). The second kappa shape index (κ2) is 12.8. The summed E-state index contributed by atoms with van der Waals surface area (Å²) < 4.78 is 6.73. The highest BCUT2D eigenvalue weighted by atomic mass is 16.1. The lowest BCUT2D eigenvalue weighted by atomic mass is 9.95. The molecule has 0 aliphatic heterocycles. The van der Waals surface area contributed by atoms with Gasteiger partial charge in [-0.1, -0.05) is 140 Å². The zero-order chi connectivity index (χ0) is 41.3. The van der Waals surface area contributed by atoms with E-state index < -0.39 is 0 Å². The fourth-order valence-electron chi connectivity index (χ4n) is 10.8. The van der Waals surface area contributed by atoms with E-state index in [9.17, 15) is 4.79 Å². The van der Waals surface area contributed by atoms with Crippen LogP contribution in [0, 0.1) is 0 Å². The number of hydrogen-bond acceptors (Lipinski definition) is 1. The van der Waals surface area contributed by atoms with Crippen LogP contribution in [0.25, 0.3) is 126 Å². The van der Waals surface area contributed by atoms with Gasteiger partial charge in [-0.15, -0.1) is 0 Å². The van der Waals surface area contributed by atoms with Gasteiger partial charge in [-0.25, -0.2) is 0 Å². The number of hydrogen-bond donors (Lipinski definition) is 0. The Kier molecular flexibility index (Phi) is 6.95. The van der Waals surface area contributed by atoms with E-state index in [1.807, 2.05) is 22.6 Å². The lowest BCUT2D eigenvalue weighted by Gasteiger charge is -2.15. The Bertz CT molecular complexity index is 4280. The maximum absolute atomic E-state index is 14.0. The van der Waals surface area contributed by atoms with Crippen molar-refractivity contribution in [3.8, 4) is 33.6 Å². The molecular formula is C59H35N3O. The smallest absolute Gasteiger partial charge is 0.263 e. The number of rotatable bonds is 4. The van der Waals surface area contributed by atoms with Crippen molar-refractivity contribution < 1.29 is 0 Å². The minimum absolute atomic E-state index is 0.0263. The van der Waals surface area contributed by atoms with Crippen LogP contribution in [0.2, 0.25) is 0 Å². The van der Waals surface area contributed by atoms with Gasteiger partial charge < -0.3 is 9.13 Å². The highest BCUT2D eigenvalue weighted by Crippen LogP contribution is 2.42. The second-order valence-electron chi connectivity index (χ2n) is 16.8. The lowest BCUT2D eigenvalue weighted by molar-refractivity contribution is 1.18. The number of fused-ring (bicyclic) bond motifs is 12. The summed E-state index contributed by atoms with van der Waals surface area (Å²) in [4.78, 5) is 14.0. The van der Waals surface area contributed by atoms with Crippen LogP contribution in [0.15, 0.2) is 217 Å². The highest BCUT2D eigenvalue weighted by molar-refractivity contribution is 6.21. The van der Waals surface area contributed by atoms with Gasteiger partial charge >= 0.3 is 0 Å². The maximum atomic E-state index is 14.0. The van der Waals surface area contributed by atoms with Crippen LogP contribution in [-0.4, -0.2) is 13.5 Å². The van der Waals surface area contributed by atoms with E-state index in [1.54, 1.807) is 0 Å². The molecule has 10 aromatic carbocycles. The molecule has 0 radical (unpaired) electrons. The molecule has 292 valence electrons. The van der Waals surface area contributed by atoms with Gasteiger partial charge in [-0.3, -0.25) is 9.20 Å². The van der Waals surface area contributed by atoms with Gasteiger partial charge in [0.05, 0.1) is 38.8 Å². The Hall–Kier alpha value is -8.47. The molecule has 4 heterocycles. The second-order valence-corrected chi connectivity index (χ2v) is 16.8. The van der Waals surface area contributed by atoms with Gasteiger partial charge in [0.25, 0.3) is 5.56 Å². The van der Waals surface area contributed by atoms with Crippen molar-refractivity contribution in [3.63, 3.8) is 0 Å². The molecule has 0 spiro atoms. The van der Waals surface area contributed by atoms with Crippen LogP contribution in [0.4, 0.5) is 0 Å². The maximum Gasteiger partial charge on any atom is 0.263 e. The highest BCUT2D eigenvalue weighted by Gasteiger charge is 2.20. The number of aromatic nitrogens is 3. The molecule has 0 aliphatic carbocycles. The molecule has 0 unspecified atom stereocenters. The third-order valence-corrected chi connectivity index (χ3v) is 13.6. The summed E-state index contributed by atoms with van der Waals surface area (Å²) >= 11 is 0. The molecule has 0 atom stereocenters. The zero-order valence-corrected chi connectivity index (χ0v) is 34.0. The Labute approximate surface area is 360 Å². The van der Waals surface area contributed by atoms with Gasteiger partial charge in [0, 0.05) is 54.2 Å². The van der Waals surface area contributed by atoms with Crippen molar-refractivity contribution in [3.05, 3.63) is 223 Å². The minimum Gasteiger partial charge on any atom is -0.309 e. The molecule has 0 amide bonds. The summed E-state index contributed by atoms with van der Waals surface area (Å²) in [6.45, 7) is 0. The van der Waals surface area contributed by atoms with Crippen molar-refractivity contribution in [1.29, 1.82) is 0 Å². The molecule has 0 aliphatic rings. The molecule has 0 N–H and O–H groups in total. The number of nitrogens with zero attached hydrogens (tertiary/aromatic N) is 3. The van der Waals surface area contributed by atoms with E-state index in [2.05, 4.69) is 203 Å². The van der Waals surface area contributed by atoms with E-state index in [0.29, 0.717) is 0 Å². The van der Waals surface area contributed by atoms with E-state index in [-0.39, 0.29) is 5.56 Å². The van der Waals surface area contributed by atoms with Crippen molar-refractivity contribution in [2.45, 2.75) is 0 Å². The molecule has 0 saturated carbocycles. The van der Waals surface area contributed by atoms with E-state index in [0.717, 1.165) is 60.5 Å². The third kappa shape index (κ3) is 4.72. The molecular weight excluding hydrogens is 767 g/mol. The summed E-state index contributed by atoms with van der Waals surface area (Å²) in [7, 11) is 0. The van der Waals surface area contributed by atoms with Crippen LogP contribution in [0.3, 0.4) is 0 Å². The molecule has 63 heavy (non-hydrogen) atoms. The fraction of sp³-hybridized carbons (Fsp3) is 0. The van der Waals surface area contributed by atoms with Gasteiger partial charge in [-0.05, 0) is 106 Å². The summed E-state index contributed by atoms with van der Waals surface area (Å²) in [6, 6.07) is 76.3. The first kappa shape index (κ1) is 34.3. The summed E-state index contributed by atoms with van der Waals surface area (Å²) in [5, 5.41) is 12.3. The first-order valence-corrected chi connectivity index (χ1v) is 21.6. The predicted octanol–water partition coefficient (Wildman–Crippen LogP) is 14.9. The van der Waals surface area contributed by atoms with Crippen molar-refractivity contribution >= 4 is 92.3 Å². The van der Waals surface area contributed by atoms with Crippen molar-refractivity contribution in [1.82, 2.24) is 13.5 Å². The largest absolute Gasteiger partial charge is 0.309 e. The Morgan fingerprint density at radius 2 is 0.762 bits per heavy atom. The van der Waals surface area contributed by atoms with Crippen LogP contribution < -0.4 is 5.56 Å². The monoisotopic (exact) mass is 801 g/mol. The Morgan fingerprint density at radius 1 is 0.286 bits per heavy atom. The Balaban J connectivity index is 0.934. The van der Waals surface area contributed by atoms with Crippen LogP contribution in [-0.2, 0) is 0 Å². The number of benzene rings is 10. The summed E-state index contributed by atoms with van der Waals surface area (Å²) in [5.41, 5.74) is 13.7. The predicted molar refractivity (Wildman–Crippen MR) is 264 cm³/mol. The molecule has 14 aromatic rings. The average molecular weight is 802 g/mol. The van der Waals surface area contributed by atoms with Gasteiger partial charge in [-0.2, -0.15) is 0 Å². The first-order chi connectivity index (χ1) is 31.2. The lowest BCUT2D eigenvalue weighted by Crippen LogP contribution is -2.12. The minimum atomic E-state index is 0.0263. The van der Waals surface area contributed by atoms with Crippen LogP contribution in [0.1, 0.15) is 0 Å². The van der Waals surface area contributed by atoms with Crippen LogP contribution >= 0.6 is 0 Å².